The summed E-state index contributed by atoms with van der Waals surface area (Å²) in [4.78, 5) is 10.3. The fourth-order valence-corrected chi connectivity index (χ4v) is 1.28. The number of aromatic nitrogens is 2. The molecule has 0 amide bonds. The van der Waals surface area contributed by atoms with Gasteiger partial charge in [-0.05, 0) is 13.8 Å². The molecule has 0 saturated heterocycles. The van der Waals surface area contributed by atoms with E-state index in [1.807, 2.05) is 0 Å². The standard InChI is InChI=1S/C9H12N4O2/c1-4-5-6-10-9-8(13(14)15)7(2)11-12(9)3/h10H,6H2,1-3H3. The molecule has 0 spiro atoms. The Morgan fingerprint density at radius 2 is 2.33 bits per heavy atom. The summed E-state index contributed by atoms with van der Waals surface area (Å²) in [6.07, 6.45) is 0. The first-order chi connectivity index (χ1) is 7.07. The lowest BCUT2D eigenvalue weighted by molar-refractivity contribution is -0.384. The summed E-state index contributed by atoms with van der Waals surface area (Å²) in [6, 6.07) is 0. The average Bonchev–Trinajstić information content (AvgIpc) is 2.42. The van der Waals surface area contributed by atoms with Crippen molar-refractivity contribution in [2.75, 3.05) is 11.9 Å². The Labute approximate surface area is 87.4 Å². The third-order valence-electron chi connectivity index (χ3n) is 1.89. The second-order valence-electron chi connectivity index (χ2n) is 2.94. The van der Waals surface area contributed by atoms with E-state index in [0.717, 1.165) is 0 Å². The van der Waals surface area contributed by atoms with Crippen molar-refractivity contribution in [2.45, 2.75) is 13.8 Å². The third kappa shape index (κ3) is 2.26. The first kappa shape index (κ1) is 11.0. The number of rotatable bonds is 3. The fraction of sp³-hybridized carbons (Fsp3) is 0.444. The van der Waals surface area contributed by atoms with Crippen molar-refractivity contribution >= 4 is 11.5 Å². The number of nitro groups is 1. The molecule has 0 unspecified atom stereocenters. The van der Waals surface area contributed by atoms with Gasteiger partial charge in [0.05, 0.1) is 11.5 Å². The van der Waals surface area contributed by atoms with Gasteiger partial charge in [0.1, 0.15) is 5.69 Å². The van der Waals surface area contributed by atoms with Crippen LogP contribution < -0.4 is 5.32 Å². The minimum Gasteiger partial charge on any atom is -0.354 e. The van der Waals surface area contributed by atoms with Gasteiger partial charge in [-0.25, -0.2) is 4.68 Å². The normalized spacial score (nSPS) is 9.27. The summed E-state index contributed by atoms with van der Waals surface area (Å²) < 4.78 is 1.45. The van der Waals surface area contributed by atoms with Crippen LogP contribution in [0, 0.1) is 28.9 Å². The van der Waals surface area contributed by atoms with Crippen LogP contribution in [-0.2, 0) is 7.05 Å². The molecule has 0 saturated carbocycles. The number of aryl methyl sites for hydroxylation is 2. The number of nitrogens with zero attached hydrogens (tertiary/aromatic N) is 3. The van der Waals surface area contributed by atoms with E-state index in [9.17, 15) is 10.1 Å². The minimum absolute atomic E-state index is 0.00963. The molecule has 0 aliphatic heterocycles. The maximum atomic E-state index is 10.8. The molecule has 0 fully saturated rings. The first-order valence-electron chi connectivity index (χ1n) is 4.39. The van der Waals surface area contributed by atoms with Crippen molar-refractivity contribution in [1.82, 2.24) is 9.78 Å². The van der Waals surface area contributed by atoms with Crippen LogP contribution in [0.5, 0.6) is 0 Å². The van der Waals surface area contributed by atoms with Crippen molar-refractivity contribution in [3.63, 3.8) is 0 Å². The highest BCUT2D eigenvalue weighted by Gasteiger charge is 2.23. The van der Waals surface area contributed by atoms with Crippen LogP contribution in [0.2, 0.25) is 0 Å². The molecule has 0 atom stereocenters. The Kier molecular flexibility index (Phi) is 3.29. The van der Waals surface area contributed by atoms with Crippen molar-refractivity contribution in [3.05, 3.63) is 15.8 Å². The largest absolute Gasteiger partial charge is 0.354 e. The van der Waals surface area contributed by atoms with Crippen molar-refractivity contribution in [1.29, 1.82) is 0 Å². The van der Waals surface area contributed by atoms with E-state index in [1.54, 1.807) is 20.9 Å². The molecule has 6 heteroatoms. The van der Waals surface area contributed by atoms with Crippen LogP contribution in [0.1, 0.15) is 12.6 Å². The number of hydrogen-bond donors (Lipinski definition) is 1. The maximum Gasteiger partial charge on any atom is 0.333 e. The van der Waals surface area contributed by atoms with Gasteiger partial charge in [0.2, 0.25) is 5.82 Å². The Morgan fingerprint density at radius 1 is 1.67 bits per heavy atom. The van der Waals surface area contributed by atoms with Crippen LogP contribution in [0.15, 0.2) is 0 Å². The summed E-state index contributed by atoms with van der Waals surface area (Å²) in [7, 11) is 1.65. The molecule has 0 bridgehead atoms. The lowest BCUT2D eigenvalue weighted by Gasteiger charge is -2.01. The van der Waals surface area contributed by atoms with Crippen molar-refractivity contribution < 1.29 is 4.92 Å². The summed E-state index contributed by atoms with van der Waals surface area (Å²) in [5.74, 6) is 5.86. The molecule has 6 nitrogen and oxygen atoms in total. The Balaban J connectivity index is 3.02. The second-order valence-corrected chi connectivity index (χ2v) is 2.94. The molecular formula is C9H12N4O2. The topological polar surface area (TPSA) is 73.0 Å². The highest BCUT2D eigenvalue weighted by Crippen LogP contribution is 2.26. The van der Waals surface area contributed by atoms with E-state index >= 15 is 0 Å². The molecule has 15 heavy (non-hydrogen) atoms. The Hall–Kier alpha value is -2.03. The molecule has 0 radical (unpaired) electrons. The molecule has 0 aromatic carbocycles. The minimum atomic E-state index is -0.440. The summed E-state index contributed by atoms with van der Waals surface area (Å²) in [5.41, 5.74) is 0.407. The predicted octanol–water partition coefficient (Wildman–Crippen LogP) is 1.07. The lowest BCUT2D eigenvalue weighted by atomic mass is 10.4. The van der Waals surface area contributed by atoms with Gasteiger partial charge in [0.15, 0.2) is 0 Å². The molecular weight excluding hydrogens is 196 g/mol. The van der Waals surface area contributed by atoms with Gasteiger partial charge >= 0.3 is 5.69 Å². The van der Waals surface area contributed by atoms with E-state index < -0.39 is 4.92 Å². The van der Waals surface area contributed by atoms with Gasteiger partial charge in [-0.15, -0.1) is 5.92 Å². The monoisotopic (exact) mass is 208 g/mol. The lowest BCUT2D eigenvalue weighted by Crippen LogP contribution is -2.06. The molecule has 1 N–H and O–H groups in total. The van der Waals surface area contributed by atoms with E-state index in [2.05, 4.69) is 22.3 Å². The number of nitrogens with one attached hydrogen (secondary N) is 1. The van der Waals surface area contributed by atoms with Gasteiger partial charge in [-0.1, -0.05) is 5.92 Å². The molecule has 1 aromatic rings. The van der Waals surface area contributed by atoms with E-state index in [1.165, 1.54) is 4.68 Å². The quantitative estimate of drug-likeness (QED) is 0.458. The van der Waals surface area contributed by atoms with Crippen LogP contribution >= 0.6 is 0 Å². The van der Waals surface area contributed by atoms with Gasteiger partial charge in [-0.3, -0.25) is 10.1 Å². The van der Waals surface area contributed by atoms with Gasteiger partial charge in [-0.2, -0.15) is 5.10 Å². The zero-order chi connectivity index (χ0) is 11.4. The van der Waals surface area contributed by atoms with Crippen LogP contribution in [0.4, 0.5) is 11.5 Å². The molecule has 1 aromatic heterocycles. The summed E-state index contributed by atoms with van der Waals surface area (Å²) in [6.45, 7) is 3.69. The van der Waals surface area contributed by atoms with Gasteiger partial charge in [0, 0.05) is 7.05 Å². The zero-order valence-corrected chi connectivity index (χ0v) is 8.87. The fourth-order valence-electron chi connectivity index (χ4n) is 1.28. The van der Waals surface area contributed by atoms with Crippen LogP contribution in [0.25, 0.3) is 0 Å². The van der Waals surface area contributed by atoms with Gasteiger partial charge in [0.25, 0.3) is 0 Å². The maximum absolute atomic E-state index is 10.8. The smallest absolute Gasteiger partial charge is 0.333 e. The van der Waals surface area contributed by atoms with E-state index in [-0.39, 0.29) is 5.69 Å². The zero-order valence-electron chi connectivity index (χ0n) is 8.87. The van der Waals surface area contributed by atoms with Crippen LogP contribution in [-0.4, -0.2) is 21.2 Å². The second kappa shape index (κ2) is 4.46. The highest BCUT2D eigenvalue weighted by atomic mass is 16.6. The summed E-state index contributed by atoms with van der Waals surface area (Å²) in [5, 5.41) is 17.6. The highest BCUT2D eigenvalue weighted by molar-refractivity contribution is 5.59. The molecule has 1 rings (SSSR count). The van der Waals surface area contributed by atoms with E-state index in [4.69, 9.17) is 0 Å². The van der Waals surface area contributed by atoms with Gasteiger partial charge < -0.3 is 5.32 Å². The van der Waals surface area contributed by atoms with Crippen molar-refractivity contribution in [2.24, 2.45) is 7.05 Å². The molecule has 80 valence electrons. The first-order valence-corrected chi connectivity index (χ1v) is 4.39. The SMILES string of the molecule is CC#CCNc1c([N+](=O)[O-])c(C)nn1C. The molecule has 0 aliphatic rings. The molecule has 1 heterocycles. The summed E-state index contributed by atoms with van der Waals surface area (Å²) >= 11 is 0. The van der Waals surface area contributed by atoms with E-state index in [0.29, 0.717) is 18.1 Å². The predicted molar refractivity (Wildman–Crippen MR) is 56.5 cm³/mol. The van der Waals surface area contributed by atoms with Crippen molar-refractivity contribution in [3.8, 4) is 11.8 Å². The Bertz CT molecular complexity index is 439. The molecule has 0 aliphatic carbocycles. The third-order valence-corrected chi connectivity index (χ3v) is 1.89. The van der Waals surface area contributed by atoms with Crippen LogP contribution in [0.3, 0.4) is 0 Å². The number of anilines is 1. The Morgan fingerprint density at radius 3 is 2.87 bits per heavy atom. The number of hydrogen-bond acceptors (Lipinski definition) is 4. The average molecular weight is 208 g/mol.